The maximum absolute atomic E-state index is 13.3. The van der Waals surface area contributed by atoms with E-state index in [1.165, 1.54) is 25.6 Å². The quantitative estimate of drug-likeness (QED) is 0.627. The van der Waals surface area contributed by atoms with Gasteiger partial charge in [-0.25, -0.2) is 8.78 Å². The van der Waals surface area contributed by atoms with Crippen LogP contribution in [-0.4, -0.2) is 25.1 Å². The fraction of sp³-hybridized carbons (Fsp3) is 0.143. The van der Waals surface area contributed by atoms with E-state index < -0.39 is 11.6 Å². The van der Waals surface area contributed by atoms with Crippen molar-refractivity contribution >= 4 is 17.3 Å². The van der Waals surface area contributed by atoms with Crippen molar-refractivity contribution in [2.75, 3.05) is 19.5 Å². The highest BCUT2D eigenvalue weighted by Crippen LogP contribution is 2.27. The van der Waals surface area contributed by atoms with Gasteiger partial charge in [-0.15, -0.1) is 0 Å². The number of hydrogen-bond acceptors (Lipinski definition) is 5. The number of nitrogens with zero attached hydrogens (tertiary/aromatic N) is 1. The number of aromatic nitrogens is 1. The molecule has 1 aromatic heterocycles. The van der Waals surface area contributed by atoms with Crippen molar-refractivity contribution < 1.29 is 23.0 Å². The molecule has 150 valence electrons. The second kappa shape index (κ2) is 9.01. The molecule has 6 nitrogen and oxygen atoms in total. The molecule has 2 aromatic carbocycles. The Morgan fingerprint density at radius 3 is 2.45 bits per heavy atom. The van der Waals surface area contributed by atoms with E-state index in [0.717, 1.165) is 17.7 Å². The van der Waals surface area contributed by atoms with E-state index in [1.807, 2.05) is 6.07 Å². The van der Waals surface area contributed by atoms with Crippen molar-refractivity contribution in [1.82, 2.24) is 10.3 Å². The van der Waals surface area contributed by atoms with Crippen molar-refractivity contribution in [2.45, 2.75) is 6.54 Å². The first kappa shape index (κ1) is 20.1. The number of anilines is 2. The van der Waals surface area contributed by atoms with E-state index in [2.05, 4.69) is 15.6 Å². The van der Waals surface area contributed by atoms with Crippen LogP contribution in [0.2, 0.25) is 0 Å². The summed E-state index contributed by atoms with van der Waals surface area (Å²) in [6.45, 7) is 0.278. The number of amides is 1. The topological polar surface area (TPSA) is 72.5 Å². The molecular weight excluding hydrogens is 380 g/mol. The van der Waals surface area contributed by atoms with Crippen LogP contribution < -0.4 is 20.1 Å². The molecule has 2 N–H and O–H groups in total. The van der Waals surface area contributed by atoms with Crippen LogP contribution in [0.4, 0.5) is 20.2 Å². The highest BCUT2D eigenvalue weighted by molar-refractivity contribution is 5.94. The molecule has 8 heteroatoms. The summed E-state index contributed by atoms with van der Waals surface area (Å²) in [7, 11) is 3.09. The van der Waals surface area contributed by atoms with Gasteiger partial charge in [-0.3, -0.25) is 9.78 Å². The van der Waals surface area contributed by atoms with Crippen LogP contribution in [0.5, 0.6) is 11.5 Å². The molecule has 0 aliphatic heterocycles. The van der Waals surface area contributed by atoms with Gasteiger partial charge in [0.2, 0.25) is 0 Å². The van der Waals surface area contributed by atoms with Gasteiger partial charge in [0.1, 0.15) is 0 Å². The lowest BCUT2D eigenvalue weighted by Crippen LogP contribution is -2.23. The van der Waals surface area contributed by atoms with Crippen LogP contribution in [0.15, 0.2) is 54.9 Å². The standard InChI is InChI=1S/C21H19F2N3O3/c1-28-19-6-3-13(7-20(19)29-2)10-25-21(27)14-8-16(12-24-11-14)26-15-4-5-17(22)18(23)9-15/h3-9,11-12,26H,10H2,1-2H3,(H,25,27). The second-order valence-electron chi connectivity index (χ2n) is 6.09. The van der Waals surface area contributed by atoms with Crippen molar-refractivity contribution in [3.05, 3.63) is 77.6 Å². The summed E-state index contributed by atoms with van der Waals surface area (Å²) in [4.78, 5) is 16.5. The summed E-state index contributed by atoms with van der Waals surface area (Å²) >= 11 is 0. The van der Waals surface area contributed by atoms with Crippen LogP contribution in [0, 0.1) is 11.6 Å². The van der Waals surface area contributed by atoms with Crippen LogP contribution in [-0.2, 0) is 6.54 Å². The molecule has 0 bridgehead atoms. The Morgan fingerprint density at radius 2 is 1.72 bits per heavy atom. The van der Waals surface area contributed by atoms with Gasteiger partial charge in [0.15, 0.2) is 23.1 Å². The first-order valence-corrected chi connectivity index (χ1v) is 8.66. The molecule has 0 unspecified atom stereocenters. The summed E-state index contributed by atoms with van der Waals surface area (Å²) in [6.07, 6.45) is 2.90. The van der Waals surface area contributed by atoms with E-state index in [-0.39, 0.29) is 12.5 Å². The van der Waals surface area contributed by atoms with Crippen molar-refractivity contribution in [3.63, 3.8) is 0 Å². The number of pyridine rings is 1. The Balaban J connectivity index is 1.67. The molecule has 0 radical (unpaired) electrons. The van der Waals surface area contributed by atoms with Crippen LogP contribution in [0.3, 0.4) is 0 Å². The van der Waals surface area contributed by atoms with Gasteiger partial charge in [0.05, 0.1) is 31.7 Å². The Kier molecular flexibility index (Phi) is 6.23. The average molecular weight is 399 g/mol. The predicted octanol–water partition coefficient (Wildman–Crippen LogP) is 4.05. The van der Waals surface area contributed by atoms with Crippen molar-refractivity contribution in [1.29, 1.82) is 0 Å². The molecule has 0 spiro atoms. The predicted molar refractivity (Wildman–Crippen MR) is 105 cm³/mol. The molecule has 1 heterocycles. The lowest BCUT2D eigenvalue weighted by Gasteiger charge is -2.11. The Labute approximate surface area is 166 Å². The number of carbonyl (C=O) groups is 1. The number of nitrogens with one attached hydrogen (secondary N) is 2. The first-order chi connectivity index (χ1) is 14.0. The zero-order valence-electron chi connectivity index (χ0n) is 15.8. The lowest BCUT2D eigenvalue weighted by molar-refractivity contribution is 0.0950. The van der Waals surface area contributed by atoms with Crippen LogP contribution >= 0.6 is 0 Å². The maximum Gasteiger partial charge on any atom is 0.253 e. The fourth-order valence-corrected chi connectivity index (χ4v) is 2.65. The van der Waals surface area contributed by atoms with Gasteiger partial charge < -0.3 is 20.1 Å². The first-order valence-electron chi connectivity index (χ1n) is 8.66. The molecule has 0 saturated carbocycles. The molecule has 3 rings (SSSR count). The summed E-state index contributed by atoms with van der Waals surface area (Å²) in [5.41, 5.74) is 1.96. The minimum Gasteiger partial charge on any atom is -0.493 e. The zero-order valence-corrected chi connectivity index (χ0v) is 15.8. The van der Waals surface area contributed by atoms with Gasteiger partial charge >= 0.3 is 0 Å². The highest BCUT2D eigenvalue weighted by Gasteiger charge is 2.10. The minimum absolute atomic E-state index is 0.278. The van der Waals surface area contributed by atoms with E-state index in [0.29, 0.717) is 28.4 Å². The number of rotatable bonds is 7. The average Bonchev–Trinajstić information content (AvgIpc) is 2.74. The summed E-state index contributed by atoms with van der Waals surface area (Å²) in [5.74, 6) is -1.06. The van der Waals surface area contributed by atoms with E-state index in [9.17, 15) is 13.6 Å². The molecule has 29 heavy (non-hydrogen) atoms. The van der Waals surface area contributed by atoms with Gasteiger partial charge in [-0.05, 0) is 35.9 Å². The normalized spacial score (nSPS) is 10.3. The summed E-state index contributed by atoms with van der Waals surface area (Å²) < 4.78 is 36.8. The SMILES string of the molecule is COc1ccc(CNC(=O)c2cncc(Nc3ccc(F)c(F)c3)c2)cc1OC. The maximum atomic E-state index is 13.3. The monoisotopic (exact) mass is 399 g/mol. The Bertz CT molecular complexity index is 1030. The Morgan fingerprint density at radius 1 is 0.931 bits per heavy atom. The van der Waals surface area contributed by atoms with E-state index in [4.69, 9.17) is 9.47 Å². The molecule has 0 atom stereocenters. The Hall–Kier alpha value is -3.68. The zero-order chi connectivity index (χ0) is 20.8. The number of hydrogen-bond donors (Lipinski definition) is 2. The number of carbonyl (C=O) groups excluding carboxylic acids is 1. The number of halogens is 2. The molecule has 1 amide bonds. The van der Waals surface area contributed by atoms with Crippen molar-refractivity contribution in [2.24, 2.45) is 0 Å². The molecule has 0 aliphatic carbocycles. The number of methoxy groups -OCH3 is 2. The summed E-state index contributed by atoms with van der Waals surface area (Å²) in [5, 5.41) is 5.69. The van der Waals surface area contributed by atoms with Gasteiger partial charge in [0, 0.05) is 24.5 Å². The third-order valence-electron chi connectivity index (χ3n) is 4.11. The molecule has 0 aliphatic rings. The molecular formula is C21H19F2N3O3. The summed E-state index contributed by atoms with van der Waals surface area (Å²) in [6, 6.07) is 10.4. The highest BCUT2D eigenvalue weighted by atomic mass is 19.2. The fourth-order valence-electron chi connectivity index (χ4n) is 2.65. The lowest BCUT2D eigenvalue weighted by atomic mass is 10.2. The molecule has 0 saturated heterocycles. The number of benzene rings is 2. The van der Waals surface area contributed by atoms with E-state index in [1.54, 1.807) is 25.3 Å². The van der Waals surface area contributed by atoms with Gasteiger partial charge in [-0.1, -0.05) is 6.07 Å². The van der Waals surface area contributed by atoms with Crippen LogP contribution in [0.25, 0.3) is 0 Å². The minimum atomic E-state index is -0.966. The van der Waals surface area contributed by atoms with Gasteiger partial charge in [0.25, 0.3) is 5.91 Å². The van der Waals surface area contributed by atoms with E-state index >= 15 is 0 Å². The second-order valence-corrected chi connectivity index (χ2v) is 6.09. The molecule has 0 fully saturated rings. The largest absolute Gasteiger partial charge is 0.493 e. The van der Waals surface area contributed by atoms with Gasteiger partial charge in [-0.2, -0.15) is 0 Å². The smallest absolute Gasteiger partial charge is 0.253 e. The van der Waals surface area contributed by atoms with Crippen LogP contribution in [0.1, 0.15) is 15.9 Å². The third-order valence-corrected chi connectivity index (χ3v) is 4.11. The third kappa shape index (κ3) is 4.98. The number of ether oxygens (including phenoxy) is 2. The molecule has 3 aromatic rings. The van der Waals surface area contributed by atoms with Crippen molar-refractivity contribution in [3.8, 4) is 11.5 Å².